The fourth-order valence-corrected chi connectivity index (χ4v) is 11.6. The third-order valence-corrected chi connectivity index (χ3v) is 18.1. The molecule has 0 bridgehead atoms. The van der Waals surface area contributed by atoms with Crippen molar-refractivity contribution in [2.75, 3.05) is 0 Å². The van der Waals surface area contributed by atoms with Gasteiger partial charge < -0.3 is 9.97 Å². The van der Waals surface area contributed by atoms with Gasteiger partial charge in [0.2, 0.25) is 5.41 Å². The Morgan fingerprint density at radius 2 is 0.738 bits per heavy atom. The predicted molar refractivity (Wildman–Crippen MR) is 288 cm³/mol. The largest absolute Gasteiger partial charge is 0.411 e. The third kappa shape index (κ3) is 9.36. The van der Waals surface area contributed by atoms with Crippen molar-refractivity contribution < 1.29 is 57.1 Å². The van der Waals surface area contributed by atoms with E-state index in [1.165, 1.54) is 53.7 Å². The van der Waals surface area contributed by atoms with Crippen LogP contribution in [0, 0.1) is 47.6 Å². The summed E-state index contributed by atoms with van der Waals surface area (Å²) >= 11 is -0.418. The molecule has 8 rings (SSSR count). The van der Waals surface area contributed by atoms with Crippen molar-refractivity contribution in [3.8, 4) is 11.1 Å². The number of fused-ring (bicyclic) bond motifs is 2. The van der Waals surface area contributed by atoms with Gasteiger partial charge in [-0.15, -0.1) is 0 Å². The maximum atomic E-state index is 16.7. The highest BCUT2D eigenvalue weighted by molar-refractivity contribution is 7.99. The maximum absolute atomic E-state index is 16.7. The predicted octanol–water partition coefficient (Wildman–Crippen LogP) is 19.1. The first-order chi connectivity index (χ1) is 36.5. The minimum Gasteiger partial charge on any atom is -0.342 e. The number of benzene rings is 6. The van der Waals surface area contributed by atoms with Gasteiger partial charge in [0, 0.05) is 32.8 Å². The Labute approximate surface area is 460 Å². The van der Waals surface area contributed by atoms with Gasteiger partial charge in [-0.05, 0) is 81.0 Å². The number of imidazole rings is 2. The molecule has 0 aliphatic heterocycles. The Bertz CT molecular complexity index is 3640. The number of hydrogen-bond acceptors (Lipinski definition) is 3. The molecule has 2 aromatic heterocycles. The summed E-state index contributed by atoms with van der Waals surface area (Å²) in [5, 5.41) is 0. The number of hydrogen-bond donors (Lipinski definition) is 2. The van der Waals surface area contributed by atoms with Gasteiger partial charge in [0.15, 0.2) is 34.9 Å². The first-order valence-electron chi connectivity index (χ1n) is 25.6. The van der Waals surface area contributed by atoms with Crippen LogP contribution in [0.1, 0.15) is 148 Å². The third-order valence-electron chi connectivity index (χ3n) is 17.0. The molecule has 0 fully saturated rings. The Morgan fingerprint density at radius 1 is 0.375 bits per heavy atom. The second-order valence-corrected chi connectivity index (χ2v) is 25.9. The van der Waals surface area contributed by atoms with Crippen molar-refractivity contribution in [2.24, 2.45) is 0 Å². The number of aromatic amines is 2. The number of rotatable bonds is 11. The molecule has 0 aliphatic rings. The van der Waals surface area contributed by atoms with Crippen LogP contribution in [0.4, 0.5) is 57.1 Å². The Balaban J connectivity index is 1.11. The van der Waals surface area contributed by atoms with Crippen LogP contribution >= 0.6 is 11.8 Å². The fraction of sp³-hybridized carbons (Fsp3) is 0.387. The summed E-state index contributed by atoms with van der Waals surface area (Å²) in [5.74, 6) is -12.0. The van der Waals surface area contributed by atoms with E-state index in [0.717, 1.165) is 59.2 Å². The lowest BCUT2D eigenvalue weighted by atomic mass is 9.60. The molecule has 2 N–H and O–H groups in total. The molecule has 0 saturated carbocycles. The number of aromatic nitrogens is 4. The maximum Gasteiger partial charge on any atom is 0.411 e. The van der Waals surface area contributed by atoms with E-state index in [-0.39, 0.29) is 16.8 Å². The molecule has 0 unspecified atom stereocenters. The minimum absolute atomic E-state index is 0.0378. The highest BCUT2D eigenvalue weighted by Crippen LogP contribution is 2.58. The summed E-state index contributed by atoms with van der Waals surface area (Å²) in [6, 6.07) is 18.5. The van der Waals surface area contributed by atoms with Gasteiger partial charge in [0.1, 0.15) is 17.5 Å². The van der Waals surface area contributed by atoms with Crippen LogP contribution in [0.3, 0.4) is 0 Å². The van der Waals surface area contributed by atoms with E-state index < -0.39 is 135 Å². The SMILES string of the molecule is Cc1c(F)c(Sc2c(F)c(F)c(C(C)(C)C(C)(C)c3nc4ccc(-c5ccc6nc(C(C)(C)C)[nH]c6c5)cc4[nH]3)c(F)c2F)c(F)c(F)c1C(C)(C)C(C)(C)c1ccc(C(c2ccc(C(C)(C)C)cc2)(C(F)(F)F)C(F)(F)F)cc1. The molecule has 6 aromatic carbocycles. The standard InChI is InChI=1S/C62H61F13N4S/c1-30-41(57(10,11)56(8,9)34-20-24-36(25-21-34)60(61(70,71)72,62(73,74)75)35-22-18-33(19-23-35)54(2,3)4)44(64)47(67)50(43(30)63)80-51-48(68)45(65)42(46(66)49(51)69)58(12,13)59(14,15)53-77-38-27-17-32(29-40(38)79-53)31-16-26-37-39(28-31)78-52(76-37)55(5,6)7/h16-29H,1-15H3,(H,76,78)(H,77,79). The smallest absolute Gasteiger partial charge is 0.342 e. The van der Waals surface area contributed by atoms with E-state index in [1.807, 2.05) is 51.1 Å². The number of nitrogens with one attached hydrogen (secondary N) is 2. The van der Waals surface area contributed by atoms with Crippen LogP contribution in [0.25, 0.3) is 33.2 Å². The van der Waals surface area contributed by atoms with Crippen molar-refractivity contribution in [1.82, 2.24) is 19.9 Å². The van der Waals surface area contributed by atoms with Crippen LogP contribution in [0.15, 0.2) is 94.7 Å². The van der Waals surface area contributed by atoms with Gasteiger partial charge in [-0.3, -0.25) is 0 Å². The molecule has 2 heterocycles. The van der Waals surface area contributed by atoms with Gasteiger partial charge in [-0.2, -0.15) is 26.3 Å². The molecule has 4 nitrogen and oxygen atoms in total. The lowest BCUT2D eigenvalue weighted by Crippen LogP contribution is -2.54. The van der Waals surface area contributed by atoms with Crippen LogP contribution < -0.4 is 0 Å². The van der Waals surface area contributed by atoms with E-state index >= 15 is 57.1 Å². The highest BCUT2D eigenvalue weighted by atomic mass is 32.2. The van der Waals surface area contributed by atoms with Gasteiger partial charge in [0.25, 0.3) is 0 Å². The first-order valence-corrected chi connectivity index (χ1v) is 26.4. The van der Waals surface area contributed by atoms with Crippen LogP contribution in [0.2, 0.25) is 0 Å². The normalized spacial score (nSPS) is 13.8. The van der Waals surface area contributed by atoms with Gasteiger partial charge in [0.05, 0.1) is 31.9 Å². The molecular formula is C62H61F13N4S. The quantitative estimate of drug-likeness (QED) is 0.100. The Hall–Kier alpha value is -6.30. The molecule has 18 heteroatoms. The highest BCUT2D eigenvalue weighted by Gasteiger charge is 2.72. The lowest BCUT2D eigenvalue weighted by Gasteiger charge is -2.44. The summed E-state index contributed by atoms with van der Waals surface area (Å²) in [6.07, 6.45) is -11.8. The molecule has 0 atom stereocenters. The molecule has 0 spiro atoms. The second-order valence-electron chi connectivity index (χ2n) is 24.9. The van der Waals surface area contributed by atoms with Crippen LogP contribution in [0.5, 0.6) is 0 Å². The van der Waals surface area contributed by atoms with E-state index in [0.29, 0.717) is 28.7 Å². The van der Waals surface area contributed by atoms with Crippen molar-refractivity contribution in [2.45, 2.75) is 164 Å². The molecule has 8 aromatic rings. The fourth-order valence-electron chi connectivity index (χ4n) is 10.6. The number of halogens is 13. The zero-order valence-corrected chi connectivity index (χ0v) is 47.6. The summed E-state index contributed by atoms with van der Waals surface area (Å²) in [6.45, 7) is 23.8. The summed E-state index contributed by atoms with van der Waals surface area (Å²) < 4.78 is 207. The molecule has 0 aliphatic carbocycles. The van der Waals surface area contributed by atoms with Crippen LogP contribution in [-0.2, 0) is 37.9 Å². The number of nitrogens with zero attached hydrogens (tertiary/aromatic N) is 2. The molecule has 0 amide bonds. The Kier molecular flexibility index (Phi) is 14.5. The molecule has 80 heavy (non-hydrogen) atoms. The Morgan fingerprint density at radius 3 is 1.15 bits per heavy atom. The summed E-state index contributed by atoms with van der Waals surface area (Å²) in [5.41, 5.74) is -11.6. The molecular weight excluding hydrogens is 1080 g/mol. The zero-order chi connectivity index (χ0) is 59.8. The van der Waals surface area contributed by atoms with E-state index in [2.05, 4.69) is 9.97 Å². The van der Waals surface area contributed by atoms with Crippen LogP contribution in [-0.4, -0.2) is 32.3 Å². The molecule has 0 saturated heterocycles. The molecule has 426 valence electrons. The second kappa shape index (κ2) is 19.4. The number of H-pyrrole nitrogens is 2. The van der Waals surface area contributed by atoms with Gasteiger partial charge in [-0.1, -0.05) is 169 Å². The van der Waals surface area contributed by atoms with Gasteiger partial charge >= 0.3 is 12.4 Å². The van der Waals surface area contributed by atoms with Crippen molar-refractivity contribution >= 4 is 33.8 Å². The van der Waals surface area contributed by atoms with Crippen molar-refractivity contribution in [3.05, 3.63) is 176 Å². The lowest BCUT2D eigenvalue weighted by molar-refractivity contribution is -0.288. The molecule has 0 radical (unpaired) electrons. The average Bonchev–Trinajstić information content (AvgIpc) is 4.00. The van der Waals surface area contributed by atoms with Crippen molar-refractivity contribution in [3.63, 3.8) is 0 Å². The summed E-state index contributed by atoms with van der Waals surface area (Å²) in [4.78, 5) is 13.1. The number of alkyl halides is 6. The van der Waals surface area contributed by atoms with Gasteiger partial charge in [-0.25, -0.2) is 40.7 Å². The first kappa shape index (κ1) is 59.8. The monoisotopic (exact) mass is 1140 g/mol. The van der Waals surface area contributed by atoms with E-state index in [4.69, 9.17) is 9.97 Å². The van der Waals surface area contributed by atoms with E-state index in [1.54, 1.807) is 40.7 Å². The minimum atomic E-state index is -5.90. The zero-order valence-electron chi connectivity index (χ0n) is 46.8. The average molecular weight is 1140 g/mol. The summed E-state index contributed by atoms with van der Waals surface area (Å²) in [7, 11) is 0. The topological polar surface area (TPSA) is 57.4 Å². The van der Waals surface area contributed by atoms with E-state index in [9.17, 15) is 0 Å². The van der Waals surface area contributed by atoms with Crippen molar-refractivity contribution in [1.29, 1.82) is 0 Å².